The number of carbonyl (C=O) groups is 1. The van der Waals surface area contributed by atoms with Crippen LogP contribution in [-0.2, 0) is 6.42 Å². The first-order valence-electron chi connectivity index (χ1n) is 5.26. The Morgan fingerprint density at radius 2 is 2.47 bits per heavy atom. The van der Waals surface area contributed by atoms with E-state index < -0.39 is 0 Å². The standard InChI is InChI=1S/C11H15NO2S/c1-2-9-3-4-10(15-9)11(14)12-6-5-8(13)7-12/h3-4,8,13H,2,5-7H2,1H3. The quantitative estimate of drug-likeness (QED) is 0.829. The van der Waals surface area contributed by atoms with Gasteiger partial charge >= 0.3 is 0 Å². The van der Waals surface area contributed by atoms with Crippen LogP contribution in [0.3, 0.4) is 0 Å². The Labute approximate surface area is 93.3 Å². The van der Waals surface area contributed by atoms with Crippen molar-refractivity contribution in [1.82, 2.24) is 4.90 Å². The number of hydrogen-bond acceptors (Lipinski definition) is 3. The summed E-state index contributed by atoms with van der Waals surface area (Å²) >= 11 is 1.56. The van der Waals surface area contributed by atoms with Gasteiger partial charge in [0.15, 0.2) is 0 Å². The fourth-order valence-electron chi connectivity index (χ4n) is 1.76. The molecule has 1 atom stereocenters. The number of rotatable bonds is 2. The number of nitrogens with zero attached hydrogens (tertiary/aromatic N) is 1. The Morgan fingerprint density at radius 3 is 3.00 bits per heavy atom. The molecular weight excluding hydrogens is 210 g/mol. The van der Waals surface area contributed by atoms with Crippen molar-refractivity contribution in [2.45, 2.75) is 25.9 Å². The molecule has 0 aliphatic carbocycles. The van der Waals surface area contributed by atoms with Gasteiger partial charge in [-0.1, -0.05) is 6.92 Å². The van der Waals surface area contributed by atoms with Crippen molar-refractivity contribution in [3.8, 4) is 0 Å². The molecule has 0 saturated carbocycles. The second-order valence-electron chi connectivity index (χ2n) is 3.81. The van der Waals surface area contributed by atoms with Gasteiger partial charge in [-0.25, -0.2) is 0 Å². The highest BCUT2D eigenvalue weighted by Gasteiger charge is 2.25. The number of aliphatic hydroxyl groups is 1. The lowest BCUT2D eigenvalue weighted by Gasteiger charge is -2.13. The maximum Gasteiger partial charge on any atom is 0.264 e. The van der Waals surface area contributed by atoms with Crippen molar-refractivity contribution in [3.05, 3.63) is 21.9 Å². The third-order valence-electron chi connectivity index (χ3n) is 2.67. The van der Waals surface area contributed by atoms with E-state index in [0.29, 0.717) is 19.5 Å². The summed E-state index contributed by atoms with van der Waals surface area (Å²) in [7, 11) is 0. The summed E-state index contributed by atoms with van der Waals surface area (Å²) < 4.78 is 0. The Hall–Kier alpha value is -0.870. The minimum absolute atomic E-state index is 0.0660. The average Bonchev–Trinajstić information content (AvgIpc) is 2.84. The summed E-state index contributed by atoms with van der Waals surface area (Å²) in [5.74, 6) is 0.0660. The zero-order chi connectivity index (χ0) is 10.8. The Bertz CT molecular complexity index is 361. The molecule has 0 spiro atoms. The zero-order valence-corrected chi connectivity index (χ0v) is 9.59. The molecule has 0 aromatic carbocycles. The molecular formula is C11H15NO2S. The topological polar surface area (TPSA) is 40.5 Å². The van der Waals surface area contributed by atoms with Crippen molar-refractivity contribution < 1.29 is 9.90 Å². The molecule has 3 nitrogen and oxygen atoms in total. The molecule has 0 radical (unpaired) electrons. The molecule has 1 N–H and O–H groups in total. The number of β-amino-alcohol motifs (C(OH)–C–C–N with tert-alkyl or cyclic N) is 1. The normalized spacial score (nSPS) is 20.9. The lowest BCUT2D eigenvalue weighted by molar-refractivity contribution is 0.0769. The largest absolute Gasteiger partial charge is 0.391 e. The van der Waals surface area contributed by atoms with Gasteiger partial charge in [-0.3, -0.25) is 4.79 Å². The number of hydrogen-bond donors (Lipinski definition) is 1. The molecule has 1 amide bonds. The van der Waals surface area contributed by atoms with Crippen molar-refractivity contribution in [2.75, 3.05) is 13.1 Å². The van der Waals surface area contributed by atoms with Crippen LogP contribution in [0.4, 0.5) is 0 Å². The predicted molar refractivity (Wildman–Crippen MR) is 60.2 cm³/mol. The number of likely N-dealkylation sites (tertiary alicyclic amines) is 1. The maximum absolute atomic E-state index is 11.9. The van der Waals surface area contributed by atoms with Crippen molar-refractivity contribution in [3.63, 3.8) is 0 Å². The number of thiophene rings is 1. The van der Waals surface area contributed by atoms with E-state index in [1.54, 1.807) is 16.2 Å². The zero-order valence-electron chi connectivity index (χ0n) is 8.77. The highest BCUT2D eigenvalue weighted by Crippen LogP contribution is 2.21. The second kappa shape index (κ2) is 4.33. The van der Waals surface area contributed by atoms with Crippen molar-refractivity contribution >= 4 is 17.2 Å². The van der Waals surface area contributed by atoms with Gasteiger partial charge in [-0.15, -0.1) is 11.3 Å². The van der Waals surface area contributed by atoms with E-state index in [-0.39, 0.29) is 12.0 Å². The lowest BCUT2D eigenvalue weighted by Crippen LogP contribution is -2.28. The first kappa shape index (κ1) is 10.6. The Kier molecular flexibility index (Phi) is 3.07. The lowest BCUT2D eigenvalue weighted by atomic mass is 10.3. The Morgan fingerprint density at radius 1 is 1.67 bits per heavy atom. The van der Waals surface area contributed by atoms with Crippen LogP contribution in [0.1, 0.15) is 27.9 Å². The van der Waals surface area contributed by atoms with E-state index in [9.17, 15) is 9.90 Å². The van der Waals surface area contributed by atoms with Gasteiger partial charge in [0.05, 0.1) is 11.0 Å². The van der Waals surface area contributed by atoms with E-state index in [2.05, 4.69) is 6.92 Å². The highest BCUT2D eigenvalue weighted by molar-refractivity contribution is 7.14. The van der Waals surface area contributed by atoms with Gasteiger partial charge in [0, 0.05) is 18.0 Å². The molecule has 1 saturated heterocycles. The van der Waals surface area contributed by atoms with Gasteiger partial charge in [0.25, 0.3) is 5.91 Å². The van der Waals surface area contributed by atoms with Crippen LogP contribution in [0.5, 0.6) is 0 Å². The van der Waals surface area contributed by atoms with Gasteiger partial charge in [0.2, 0.25) is 0 Å². The number of carbonyl (C=O) groups excluding carboxylic acids is 1. The van der Waals surface area contributed by atoms with Crippen LogP contribution < -0.4 is 0 Å². The summed E-state index contributed by atoms with van der Waals surface area (Å²) in [4.78, 5) is 15.7. The van der Waals surface area contributed by atoms with Crippen LogP contribution in [0.15, 0.2) is 12.1 Å². The summed E-state index contributed by atoms with van der Waals surface area (Å²) in [5.41, 5.74) is 0. The van der Waals surface area contributed by atoms with Crippen LogP contribution in [0.2, 0.25) is 0 Å². The fraction of sp³-hybridized carbons (Fsp3) is 0.545. The van der Waals surface area contributed by atoms with Crippen molar-refractivity contribution in [1.29, 1.82) is 0 Å². The monoisotopic (exact) mass is 225 g/mol. The van der Waals surface area contributed by atoms with E-state index in [0.717, 1.165) is 11.3 Å². The summed E-state index contributed by atoms with van der Waals surface area (Å²) in [6, 6.07) is 3.89. The van der Waals surface area contributed by atoms with Crippen LogP contribution in [0.25, 0.3) is 0 Å². The molecule has 2 heterocycles. The average molecular weight is 225 g/mol. The number of amides is 1. The summed E-state index contributed by atoms with van der Waals surface area (Å²) in [5, 5.41) is 9.36. The summed E-state index contributed by atoms with van der Waals surface area (Å²) in [6.07, 6.45) is 1.35. The molecule has 4 heteroatoms. The molecule has 82 valence electrons. The molecule has 1 aromatic heterocycles. The highest BCUT2D eigenvalue weighted by atomic mass is 32.1. The predicted octanol–water partition coefficient (Wildman–Crippen LogP) is 1.52. The van der Waals surface area contributed by atoms with E-state index in [1.807, 2.05) is 12.1 Å². The maximum atomic E-state index is 11.9. The SMILES string of the molecule is CCc1ccc(C(=O)N2CCC(O)C2)s1. The van der Waals surface area contributed by atoms with Gasteiger partial charge in [-0.05, 0) is 25.0 Å². The third kappa shape index (κ3) is 2.21. The Balaban J connectivity index is 2.07. The molecule has 1 unspecified atom stereocenters. The third-order valence-corrected chi connectivity index (χ3v) is 3.89. The van der Waals surface area contributed by atoms with Gasteiger partial charge in [0.1, 0.15) is 0 Å². The van der Waals surface area contributed by atoms with Crippen LogP contribution in [0, 0.1) is 0 Å². The van der Waals surface area contributed by atoms with Gasteiger partial charge < -0.3 is 10.0 Å². The minimum atomic E-state index is -0.334. The van der Waals surface area contributed by atoms with E-state index in [1.165, 1.54) is 4.88 Å². The van der Waals surface area contributed by atoms with Gasteiger partial charge in [-0.2, -0.15) is 0 Å². The summed E-state index contributed by atoms with van der Waals surface area (Å²) in [6.45, 7) is 3.25. The molecule has 15 heavy (non-hydrogen) atoms. The van der Waals surface area contributed by atoms with Crippen molar-refractivity contribution in [2.24, 2.45) is 0 Å². The molecule has 1 aromatic rings. The number of aryl methyl sites for hydroxylation is 1. The van der Waals surface area contributed by atoms with Crippen LogP contribution in [-0.4, -0.2) is 35.1 Å². The smallest absolute Gasteiger partial charge is 0.264 e. The molecule has 1 aliphatic heterocycles. The second-order valence-corrected chi connectivity index (χ2v) is 4.98. The van der Waals surface area contributed by atoms with Crippen LogP contribution >= 0.6 is 11.3 Å². The van der Waals surface area contributed by atoms with E-state index >= 15 is 0 Å². The molecule has 1 aliphatic rings. The fourth-order valence-corrected chi connectivity index (χ4v) is 2.68. The minimum Gasteiger partial charge on any atom is -0.391 e. The number of aliphatic hydroxyl groups excluding tert-OH is 1. The molecule has 2 rings (SSSR count). The molecule has 1 fully saturated rings. The first-order chi connectivity index (χ1) is 7.20. The first-order valence-corrected chi connectivity index (χ1v) is 6.08. The molecule has 0 bridgehead atoms. The van der Waals surface area contributed by atoms with E-state index in [4.69, 9.17) is 0 Å².